The van der Waals surface area contributed by atoms with Gasteiger partial charge in [-0.15, -0.1) is 0 Å². The molecule has 0 spiro atoms. The Balaban J connectivity index is 2.85. The van der Waals surface area contributed by atoms with E-state index >= 15 is 0 Å². The minimum atomic E-state index is 1.29. The first-order valence-electron chi connectivity index (χ1n) is 2.79. The van der Waals surface area contributed by atoms with E-state index in [-0.39, 0.29) is 0 Å². The third kappa shape index (κ3) is 2.28. The fourth-order valence-corrected chi connectivity index (χ4v) is 1.32. The molecule has 0 fully saturated rings. The van der Waals surface area contributed by atoms with Crippen molar-refractivity contribution in [2.45, 2.75) is 0 Å². The van der Waals surface area contributed by atoms with E-state index in [0.717, 1.165) is 0 Å². The first-order chi connectivity index (χ1) is 4.43. The third-order valence-corrected chi connectivity index (χ3v) is 1.65. The van der Waals surface area contributed by atoms with Crippen molar-refractivity contribution in [3.63, 3.8) is 0 Å². The van der Waals surface area contributed by atoms with Crippen molar-refractivity contribution in [1.29, 1.82) is 0 Å². The summed E-state index contributed by atoms with van der Waals surface area (Å²) in [5, 5.41) is 0. The van der Waals surface area contributed by atoms with Gasteiger partial charge in [0.15, 0.2) is 0 Å². The Morgan fingerprint density at radius 3 is 2.33 bits per heavy atom. The van der Waals surface area contributed by atoms with Crippen molar-refractivity contribution >= 4 is 30.8 Å². The molecule has 0 amide bonds. The Kier molecular flexibility index (Phi) is 2.93. The van der Waals surface area contributed by atoms with E-state index in [2.05, 4.69) is 22.0 Å². The molecule has 0 bridgehead atoms. The maximum absolute atomic E-state index is 2.15. The number of benzene rings is 1. The monoisotopic (exact) mass is 312 g/mol. The van der Waals surface area contributed by atoms with Gasteiger partial charge in [-0.2, -0.15) is 0 Å². The van der Waals surface area contributed by atoms with Crippen molar-refractivity contribution in [3.8, 4) is 0 Å². The summed E-state index contributed by atoms with van der Waals surface area (Å²) in [5.41, 5.74) is 1.29. The average molecular weight is 312 g/mol. The number of hydrogen-bond acceptors (Lipinski definition) is 0. The maximum atomic E-state index is 2.15. The Bertz CT molecular complexity index is 189. The Morgan fingerprint density at radius 1 is 1.11 bits per heavy atom. The van der Waals surface area contributed by atoms with Crippen LogP contribution >= 0.6 is 0 Å². The topological polar surface area (TPSA) is 0 Å². The van der Waals surface area contributed by atoms with Gasteiger partial charge in [0.25, 0.3) is 0 Å². The zero-order valence-corrected chi connectivity index (χ0v) is 8.47. The Morgan fingerprint density at radius 2 is 1.78 bits per heavy atom. The average Bonchev–Trinajstić information content (AvgIpc) is 1.91. The van der Waals surface area contributed by atoms with Crippen LogP contribution < -0.4 is 0 Å². The van der Waals surface area contributed by atoms with Crippen LogP contribution in [0.2, 0.25) is 0 Å². The third-order valence-electron chi connectivity index (χ3n) is 1.07. The summed E-state index contributed by atoms with van der Waals surface area (Å²) < 4.78 is 2.15. The minimum absolute atomic E-state index is 1.29. The van der Waals surface area contributed by atoms with Crippen LogP contribution in [0, 0.1) is 0 Å². The van der Waals surface area contributed by atoms with Gasteiger partial charge in [0.05, 0.1) is 0 Å². The van der Waals surface area contributed by atoms with Gasteiger partial charge in [-0.3, -0.25) is 0 Å². The second kappa shape index (κ2) is 3.79. The van der Waals surface area contributed by atoms with Gasteiger partial charge in [0.2, 0.25) is 0 Å². The SMILES string of the molecule is [Bi][CH]=Cc1ccccc1. The molecule has 1 heteroatoms. The Labute approximate surface area is 70.4 Å². The van der Waals surface area contributed by atoms with Crippen molar-refractivity contribution in [2.75, 3.05) is 0 Å². The molecule has 0 aliphatic rings. The molecule has 0 nitrogen and oxygen atoms in total. The van der Waals surface area contributed by atoms with Crippen LogP contribution in [0.4, 0.5) is 0 Å². The molecule has 0 atom stereocenters. The summed E-state index contributed by atoms with van der Waals surface area (Å²) in [6.45, 7) is 0. The molecular weight excluding hydrogens is 305 g/mol. The van der Waals surface area contributed by atoms with Crippen LogP contribution in [0.3, 0.4) is 0 Å². The van der Waals surface area contributed by atoms with Gasteiger partial charge in [-0.05, 0) is 0 Å². The molecule has 0 heterocycles. The van der Waals surface area contributed by atoms with Gasteiger partial charge in [-0.1, -0.05) is 0 Å². The zero-order chi connectivity index (χ0) is 6.53. The molecular formula is C8H7Bi. The number of rotatable bonds is 1. The number of hydrogen-bond donors (Lipinski definition) is 0. The predicted octanol–water partition coefficient (Wildman–Crippen LogP) is 1.83. The standard InChI is InChI=1S/C8H7.Bi/c1-2-8-6-4-3-5-7-8;/h1-7H;. The van der Waals surface area contributed by atoms with Crippen LogP contribution in [0.25, 0.3) is 6.08 Å². The molecule has 9 heavy (non-hydrogen) atoms. The first-order valence-corrected chi connectivity index (χ1v) is 4.80. The van der Waals surface area contributed by atoms with Gasteiger partial charge >= 0.3 is 70.5 Å². The van der Waals surface area contributed by atoms with Gasteiger partial charge in [0, 0.05) is 0 Å². The molecule has 44 valence electrons. The van der Waals surface area contributed by atoms with Gasteiger partial charge < -0.3 is 0 Å². The zero-order valence-electron chi connectivity index (χ0n) is 4.99. The molecule has 0 unspecified atom stereocenters. The predicted molar refractivity (Wildman–Crippen MR) is 41.2 cm³/mol. The van der Waals surface area contributed by atoms with Crippen LogP contribution in [-0.2, 0) is 0 Å². The van der Waals surface area contributed by atoms with E-state index in [9.17, 15) is 0 Å². The normalized spacial score (nSPS) is 10.3. The Hall–Kier alpha value is -0.157. The molecule has 0 aliphatic heterocycles. The molecule has 0 saturated heterocycles. The van der Waals surface area contributed by atoms with Crippen LogP contribution in [0.5, 0.6) is 0 Å². The molecule has 1 aromatic rings. The van der Waals surface area contributed by atoms with Crippen molar-refractivity contribution in [3.05, 3.63) is 39.7 Å². The molecule has 0 aliphatic carbocycles. The molecule has 0 aromatic heterocycles. The van der Waals surface area contributed by atoms with Crippen LogP contribution in [0.15, 0.2) is 34.1 Å². The quantitative estimate of drug-likeness (QED) is 0.694. The van der Waals surface area contributed by atoms with Gasteiger partial charge in [0.1, 0.15) is 0 Å². The summed E-state index contributed by atoms with van der Waals surface area (Å²) in [5.74, 6) is 0. The molecule has 0 saturated carbocycles. The molecule has 0 N–H and O–H groups in total. The van der Waals surface area contributed by atoms with E-state index in [1.807, 2.05) is 18.2 Å². The molecule has 1 aromatic carbocycles. The van der Waals surface area contributed by atoms with E-state index in [1.165, 1.54) is 30.3 Å². The second-order valence-electron chi connectivity index (χ2n) is 1.73. The first kappa shape index (κ1) is 6.96. The van der Waals surface area contributed by atoms with Gasteiger partial charge in [-0.25, -0.2) is 0 Å². The van der Waals surface area contributed by atoms with E-state index < -0.39 is 0 Å². The summed E-state index contributed by atoms with van der Waals surface area (Å²) in [6.07, 6.45) is 2.13. The van der Waals surface area contributed by atoms with Crippen LogP contribution in [-0.4, -0.2) is 24.7 Å². The molecule has 1 rings (SSSR count). The van der Waals surface area contributed by atoms with Crippen LogP contribution in [0.1, 0.15) is 5.56 Å². The van der Waals surface area contributed by atoms with Crippen molar-refractivity contribution in [1.82, 2.24) is 0 Å². The van der Waals surface area contributed by atoms with E-state index in [1.54, 1.807) is 0 Å². The summed E-state index contributed by atoms with van der Waals surface area (Å²) in [4.78, 5) is 0. The summed E-state index contributed by atoms with van der Waals surface area (Å²) in [7, 11) is 0. The fourth-order valence-electron chi connectivity index (χ4n) is 0.650. The second-order valence-corrected chi connectivity index (χ2v) is 2.89. The van der Waals surface area contributed by atoms with E-state index in [0.29, 0.717) is 0 Å². The summed E-state index contributed by atoms with van der Waals surface area (Å²) in [6, 6.07) is 10.3. The summed E-state index contributed by atoms with van der Waals surface area (Å²) >= 11 is 1.32. The molecule has 2 radical (unpaired) electrons. The van der Waals surface area contributed by atoms with Crippen molar-refractivity contribution in [2.24, 2.45) is 0 Å². The van der Waals surface area contributed by atoms with Crippen molar-refractivity contribution < 1.29 is 0 Å². The fraction of sp³-hybridized carbons (Fsp3) is 0. The van der Waals surface area contributed by atoms with E-state index in [4.69, 9.17) is 0 Å².